The molecule has 0 bridgehead atoms. The summed E-state index contributed by atoms with van der Waals surface area (Å²) in [7, 11) is 0. The van der Waals surface area contributed by atoms with Gasteiger partial charge in [-0.15, -0.1) is 0 Å². The van der Waals surface area contributed by atoms with Crippen LogP contribution in [0.1, 0.15) is 5.56 Å². The van der Waals surface area contributed by atoms with Crippen LogP contribution in [-0.2, 0) is 25.8 Å². The van der Waals surface area contributed by atoms with Crippen LogP contribution in [0.5, 0.6) is 5.75 Å². The van der Waals surface area contributed by atoms with Crippen LogP contribution in [0, 0.1) is 12.8 Å². The molecule has 0 amide bonds. The van der Waals surface area contributed by atoms with Gasteiger partial charge in [0.25, 0.3) is 0 Å². The van der Waals surface area contributed by atoms with Gasteiger partial charge in [-0.25, -0.2) is 5.92 Å². The molecule has 0 saturated carbocycles. The Balaban J connectivity index is 0.000000980. The molecule has 1 aliphatic heterocycles. The molecule has 1 fully saturated rings. The second-order valence-electron chi connectivity index (χ2n) is 3.34. The fourth-order valence-electron chi connectivity index (χ4n) is 1.15. The maximum atomic E-state index is 5.55. The molecule has 14 heavy (non-hydrogen) atoms. The summed E-state index contributed by atoms with van der Waals surface area (Å²) < 4.78 is 10.6. The van der Waals surface area contributed by atoms with E-state index in [1.807, 2.05) is 12.1 Å². The molecular weight excluding hydrogens is 348 g/mol. The molecule has 0 N–H and O–H groups in total. The zero-order chi connectivity index (χ0) is 9.10. The molecule has 1 aliphatic rings. The molecule has 0 spiro atoms. The zero-order valence-electron chi connectivity index (χ0n) is 8.16. The Morgan fingerprint density at radius 1 is 1.29 bits per heavy atom. The van der Waals surface area contributed by atoms with Crippen molar-refractivity contribution in [2.75, 3.05) is 19.8 Å². The Kier molecular flexibility index (Phi) is 4.63. The average molecular weight is 361 g/mol. The van der Waals surface area contributed by atoms with Crippen LogP contribution in [0.25, 0.3) is 0 Å². The monoisotopic (exact) mass is 361 g/mol. The Labute approximate surface area is 98.9 Å². The van der Waals surface area contributed by atoms with Gasteiger partial charge in [0.15, 0.2) is 0 Å². The first-order valence-corrected chi connectivity index (χ1v) is 4.45. The number of hydrogen-bond donors (Lipinski definition) is 0. The van der Waals surface area contributed by atoms with Crippen LogP contribution in [0.3, 0.4) is 0 Å². The Bertz CT molecular complexity index is 267. The van der Waals surface area contributed by atoms with Gasteiger partial charge in [0.1, 0.15) is 5.75 Å². The third-order valence-corrected chi connectivity index (χ3v) is 2.08. The predicted octanol–water partition coefficient (Wildman–Crippen LogP) is 1.98. The van der Waals surface area contributed by atoms with Gasteiger partial charge in [-0.05, 0) is 25.7 Å². The normalized spacial score (nSPS) is 15.5. The maximum Gasteiger partial charge on any atom is 0.115 e. The number of benzene rings is 1. The summed E-state index contributed by atoms with van der Waals surface area (Å²) in [6.07, 6.45) is 0. The van der Waals surface area contributed by atoms with Crippen molar-refractivity contribution in [2.24, 2.45) is 0 Å². The molecule has 3 heteroatoms. The van der Waals surface area contributed by atoms with Gasteiger partial charge >= 0.3 is 0 Å². The van der Waals surface area contributed by atoms with E-state index < -0.39 is 0 Å². The van der Waals surface area contributed by atoms with Crippen molar-refractivity contribution < 1.29 is 30.5 Å². The van der Waals surface area contributed by atoms with Crippen LogP contribution in [0.4, 0.5) is 0 Å². The number of ether oxygens (including phenoxy) is 2. The molecule has 0 unspecified atom stereocenters. The van der Waals surface area contributed by atoms with Crippen molar-refractivity contribution >= 4 is 0 Å². The molecule has 1 aromatic carbocycles. The van der Waals surface area contributed by atoms with Crippen LogP contribution >= 0.6 is 0 Å². The molecular formula is C11H13O2W-. The van der Waals surface area contributed by atoms with Gasteiger partial charge in [0.05, 0.1) is 0 Å². The smallest absolute Gasteiger partial charge is 0.115 e. The average Bonchev–Trinajstić information content (AvgIpc) is 2.05. The van der Waals surface area contributed by atoms with E-state index in [1.54, 1.807) is 0 Å². The minimum Gasteiger partial charge on any atom is -0.525 e. The Morgan fingerprint density at radius 3 is 2.43 bits per heavy atom. The quantitative estimate of drug-likeness (QED) is 0.767. The fraction of sp³-hybridized carbons (Fsp3) is 0.364. The number of aryl methyl sites for hydroxylation is 1. The van der Waals surface area contributed by atoms with E-state index in [-0.39, 0.29) is 21.1 Å². The summed E-state index contributed by atoms with van der Waals surface area (Å²) in [5.41, 5.74) is 1.26. The first kappa shape index (κ1) is 11.7. The summed E-state index contributed by atoms with van der Waals surface area (Å²) >= 11 is 0. The second kappa shape index (κ2) is 5.53. The topological polar surface area (TPSA) is 18.5 Å². The first-order valence-electron chi connectivity index (χ1n) is 4.45. The largest absolute Gasteiger partial charge is 0.525 e. The molecule has 0 radical (unpaired) electrons. The molecule has 0 aromatic heterocycles. The van der Waals surface area contributed by atoms with E-state index in [9.17, 15) is 0 Å². The van der Waals surface area contributed by atoms with Crippen molar-refractivity contribution in [1.29, 1.82) is 0 Å². The molecule has 1 heterocycles. The minimum atomic E-state index is 0. The van der Waals surface area contributed by atoms with Crippen molar-refractivity contribution in [3.05, 3.63) is 35.7 Å². The maximum absolute atomic E-state index is 5.55. The second-order valence-corrected chi connectivity index (χ2v) is 3.34. The van der Waals surface area contributed by atoms with Gasteiger partial charge in [0.2, 0.25) is 0 Å². The Morgan fingerprint density at radius 2 is 1.93 bits per heavy atom. The summed E-state index contributed by atoms with van der Waals surface area (Å²) in [4.78, 5) is 0. The minimum absolute atomic E-state index is 0. The van der Waals surface area contributed by atoms with Gasteiger partial charge in [-0.1, -0.05) is 30.9 Å². The number of rotatable bonds is 3. The number of hydrogen-bond acceptors (Lipinski definition) is 2. The van der Waals surface area contributed by atoms with Crippen molar-refractivity contribution in [3.63, 3.8) is 0 Å². The zero-order valence-corrected chi connectivity index (χ0v) is 11.1. The Hall–Kier alpha value is -0.332. The first-order chi connectivity index (χ1) is 6.34. The van der Waals surface area contributed by atoms with Gasteiger partial charge in [-0.3, -0.25) is 0 Å². The summed E-state index contributed by atoms with van der Waals surface area (Å²) in [5, 5.41) is 0. The van der Waals surface area contributed by atoms with Crippen LogP contribution in [0.15, 0.2) is 24.3 Å². The third kappa shape index (κ3) is 3.11. The molecule has 1 saturated heterocycles. The van der Waals surface area contributed by atoms with Crippen molar-refractivity contribution in [3.8, 4) is 5.75 Å². The van der Waals surface area contributed by atoms with E-state index in [2.05, 4.69) is 19.1 Å². The standard InChI is InChI=1S/C11H13O2.W/c1-9-2-4-11(5-3-9)13-8-10-6-12-7-10;/h2-5H,6-8H2,1H3;/q-1;. The van der Waals surface area contributed by atoms with Crippen molar-refractivity contribution in [2.45, 2.75) is 6.92 Å². The molecule has 2 rings (SSSR count). The summed E-state index contributed by atoms with van der Waals surface area (Å²) in [6.45, 7) is 4.30. The van der Waals surface area contributed by atoms with Crippen LogP contribution < -0.4 is 4.74 Å². The van der Waals surface area contributed by atoms with E-state index in [1.165, 1.54) is 11.5 Å². The summed E-state index contributed by atoms with van der Waals surface area (Å²) in [5.74, 6) is 2.27. The molecule has 2 nitrogen and oxygen atoms in total. The van der Waals surface area contributed by atoms with E-state index in [4.69, 9.17) is 9.47 Å². The molecule has 0 aliphatic carbocycles. The van der Waals surface area contributed by atoms with Crippen LogP contribution in [0.2, 0.25) is 0 Å². The third-order valence-electron chi connectivity index (χ3n) is 2.08. The van der Waals surface area contributed by atoms with Gasteiger partial charge in [0, 0.05) is 21.1 Å². The SMILES string of the molecule is Cc1ccc(OC[C-]2COC2)cc1.[W]. The van der Waals surface area contributed by atoms with Gasteiger partial charge in [-0.2, -0.15) is 0 Å². The fourth-order valence-corrected chi connectivity index (χ4v) is 1.15. The molecule has 76 valence electrons. The van der Waals surface area contributed by atoms with Gasteiger partial charge < -0.3 is 9.47 Å². The predicted molar refractivity (Wildman–Crippen MR) is 50.7 cm³/mol. The summed E-state index contributed by atoms with van der Waals surface area (Å²) in [6, 6.07) is 8.10. The van der Waals surface area contributed by atoms with E-state index >= 15 is 0 Å². The molecule has 0 atom stereocenters. The van der Waals surface area contributed by atoms with E-state index in [0.717, 1.165) is 19.0 Å². The van der Waals surface area contributed by atoms with Crippen molar-refractivity contribution in [1.82, 2.24) is 0 Å². The van der Waals surface area contributed by atoms with E-state index in [0.29, 0.717) is 6.61 Å². The van der Waals surface area contributed by atoms with Crippen LogP contribution in [-0.4, -0.2) is 19.8 Å². The molecule has 1 aromatic rings.